The van der Waals surface area contributed by atoms with Crippen molar-refractivity contribution in [2.45, 2.75) is 39.3 Å². The molecule has 1 unspecified atom stereocenters. The number of hydrogen-bond acceptors (Lipinski definition) is 4. The molecule has 1 atom stereocenters. The van der Waals surface area contributed by atoms with E-state index in [2.05, 4.69) is 28.4 Å². The number of rotatable bonds is 3. The maximum absolute atomic E-state index is 5.15. The highest BCUT2D eigenvalue weighted by molar-refractivity contribution is 7.10. The minimum Gasteiger partial charge on any atom is -0.361 e. The van der Waals surface area contributed by atoms with E-state index in [9.17, 15) is 0 Å². The summed E-state index contributed by atoms with van der Waals surface area (Å²) >= 11 is 1.90. The molecule has 0 radical (unpaired) electrons. The molecule has 18 heavy (non-hydrogen) atoms. The van der Waals surface area contributed by atoms with Gasteiger partial charge < -0.3 is 4.52 Å². The first-order valence-electron chi connectivity index (χ1n) is 6.50. The van der Waals surface area contributed by atoms with E-state index in [0.717, 1.165) is 31.0 Å². The zero-order chi connectivity index (χ0) is 12.5. The summed E-state index contributed by atoms with van der Waals surface area (Å²) in [6.07, 6.45) is 2.32. The Balaban J connectivity index is 1.81. The van der Waals surface area contributed by atoms with Gasteiger partial charge in [-0.1, -0.05) is 12.1 Å². The largest absolute Gasteiger partial charge is 0.361 e. The van der Waals surface area contributed by atoms with Crippen LogP contribution in [0.5, 0.6) is 0 Å². The Morgan fingerprint density at radius 2 is 2.44 bits per heavy atom. The Bertz CT molecular complexity index is 531. The minimum absolute atomic E-state index is 0.539. The van der Waals surface area contributed by atoms with E-state index in [-0.39, 0.29) is 0 Å². The first kappa shape index (κ1) is 11.9. The number of nitrogens with zero attached hydrogens (tertiary/aromatic N) is 2. The zero-order valence-corrected chi connectivity index (χ0v) is 11.7. The molecule has 3 heterocycles. The van der Waals surface area contributed by atoms with Crippen LogP contribution < -0.4 is 0 Å². The van der Waals surface area contributed by atoms with Crippen molar-refractivity contribution in [1.29, 1.82) is 0 Å². The number of hydrogen-bond donors (Lipinski definition) is 0. The molecule has 4 heteroatoms. The molecule has 0 saturated heterocycles. The predicted octanol–water partition coefficient (Wildman–Crippen LogP) is 3.55. The average molecular weight is 262 g/mol. The molecule has 0 spiro atoms. The summed E-state index contributed by atoms with van der Waals surface area (Å²) in [6, 6.07) is 4.86. The third-order valence-corrected chi connectivity index (χ3v) is 4.63. The van der Waals surface area contributed by atoms with Gasteiger partial charge in [0.2, 0.25) is 0 Å². The van der Waals surface area contributed by atoms with Gasteiger partial charge in [0, 0.05) is 30.1 Å². The third kappa shape index (κ3) is 2.10. The summed E-state index contributed by atoms with van der Waals surface area (Å²) in [7, 11) is 0. The van der Waals surface area contributed by atoms with E-state index in [1.165, 1.54) is 12.0 Å². The van der Waals surface area contributed by atoms with Crippen molar-refractivity contribution in [3.63, 3.8) is 0 Å². The van der Waals surface area contributed by atoms with Crippen molar-refractivity contribution in [1.82, 2.24) is 10.1 Å². The van der Waals surface area contributed by atoms with Crippen LogP contribution in [0.15, 0.2) is 22.0 Å². The van der Waals surface area contributed by atoms with Gasteiger partial charge in [0.05, 0.1) is 5.69 Å². The van der Waals surface area contributed by atoms with Crippen molar-refractivity contribution >= 4 is 11.3 Å². The second-order valence-electron chi connectivity index (χ2n) is 4.87. The topological polar surface area (TPSA) is 29.3 Å². The molecule has 3 nitrogen and oxygen atoms in total. The molecule has 0 bridgehead atoms. The van der Waals surface area contributed by atoms with Gasteiger partial charge in [-0.05, 0) is 36.8 Å². The second-order valence-corrected chi connectivity index (χ2v) is 5.87. The standard InChI is InChI=1S/C14H18N2OS/c1-3-13-12-5-7-18-14(12)4-6-16(13)9-11-8-10(2)17-15-11/h5,7-8,13H,3-4,6,9H2,1-2H3. The molecular weight excluding hydrogens is 244 g/mol. The van der Waals surface area contributed by atoms with Gasteiger partial charge in [-0.15, -0.1) is 11.3 Å². The maximum atomic E-state index is 5.15. The lowest BCUT2D eigenvalue weighted by Crippen LogP contribution is -2.34. The van der Waals surface area contributed by atoms with Gasteiger partial charge in [-0.2, -0.15) is 0 Å². The lowest BCUT2D eigenvalue weighted by atomic mass is 9.97. The van der Waals surface area contributed by atoms with Crippen molar-refractivity contribution in [2.75, 3.05) is 6.54 Å². The first-order chi connectivity index (χ1) is 8.78. The number of aryl methyl sites for hydroxylation is 1. The third-order valence-electron chi connectivity index (χ3n) is 3.63. The lowest BCUT2D eigenvalue weighted by molar-refractivity contribution is 0.168. The molecular formula is C14H18N2OS. The number of thiophene rings is 1. The van der Waals surface area contributed by atoms with Crippen molar-refractivity contribution in [2.24, 2.45) is 0 Å². The van der Waals surface area contributed by atoms with E-state index in [1.807, 2.05) is 24.3 Å². The van der Waals surface area contributed by atoms with Crippen LogP contribution in [0.2, 0.25) is 0 Å². The Kier molecular flexibility index (Phi) is 3.22. The Hall–Kier alpha value is -1.13. The van der Waals surface area contributed by atoms with E-state index in [1.54, 1.807) is 4.88 Å². The van der Waals surface area contributed by atoms with Crippen LogP contribution in [0.4, 0.5) is 0 Å². The summed E-state index contributed by atoms with van der Waals surface area (Å²) in [5, 5.41) is 6.33. The van der Waals surface area contributed by atoms with Gasteiger partial charge in [-0.25, -0.2) is 0 Å². The smallest absolute Gasteiger partial charge is 0.133 e. The second kappa shape index (κ2) is 4.86. The van der Waals surface area contributed by atoms with E-state index in [4.69, 9.17) is 4.52 Å². The Morgan fingerprint density at radius 1 is 1.56 bits per heavy atom. The van der Waals surface area contributed by atoms with Crippen LogP contribution in [0.1, 0.15) is 41.3 Å². The molecule has 0 aliphatic carbocycles. The molecule has 2 aromatic rings. The monoisotopic (exact) mass is 262 g/mol. The van der Waals surface area contributed by atoms with Gasteiger partial charge in [0.15, 0.2) is 0 Å². The number of fused-ring (bicyclic) bond motifs is 1. The highest BCUT2D eigenvalue weighted by Gasteiger charge is 2.27. The SMILES string of the molecule is CCC1c2ccsc2CCN1Cc1cc(C)on1. The van der Waals surface area contributed by atoms with E-state index in [0.29, 0.717) is 6.04 Å². The number of aromatic nitrogens is 1. The molecule has 0 N–H and O–H groups in total. The van der Waals surface area contributed by atoms with Crippen LogP contribution in [0.25, 0.3) is 0 Å². The highest BCUT2D eigenvalue weighted by atomic mass is 32.1. The van der Waals surface area contributed by atoms with Crippen LogP contribution >= 0.6 is 11.3 Å². The zero-order valence-electron chi connectivity index (χ0n) is 10.8. The highest BCUT2D eigenvalue weighted by Crippen LogP contribution is 2.35. The molecule has 1 aliphatic heterocycles. The van der Waals surface area contributed by atoms with Crippen LogP contribution in [-0.2, 0) is 13.0 Å². The average Bonchev–Trinajstić information content (AvgIpc) is 2.98. The van der Waals surface area contributed by atoms with Gasteiger partial charge in [-0.3, -0.25) is 4.90 Å². The molecule has 0 saturated carbocycles. The van der Waals surface area contributed by atoms with E-state index >= 15 is 0 Å². The summed E-state index contributed by atoms with van der Waals surface area (Å²) in [4.78, 5) is 4.08. The van der Waals surface area contributed by atoms with E-state index < -0.39 is 0 Å². The molecule has 3 rings (SSSR count). The fourth-order valence-corrected chi connectivity index (χ4v) is 3.74. The summed E-state index contributed by atoms with van der Waals surface area (Å²) < 4.78 is 5.15. The fraction of sp³-hybridized carbons (Fsp3) is 0.500. The van der Waals surface area contributed by atoms with Crippen LogP contribution in [0.3, 0.4) is 0 Å². The van der Waals surface area contributed by atoms with Crippen LogP contribution in [0, 0.1) is 6.92 Å². The molecule has 2 aromatic heterocycles. The quantitative estimate of drug-likeness (QED) is 0.847. The minimum atomic E-state index is 0.539. The molecule has 0 fully saturated rings. The van der Waals surface area contributed by atoms with Crippen molar-refractivity contribution in [3.05, 3.63) is 39.4 Å². The Morgan fingerprint density at radius 3 is 3.17 bits per heavy atom. The fourth-order valence-electron chi connectivity index (χ4n) is 2.82. The maximum Gasteiger partial charge on any atom is 0.133 e. The van der Waals surface area contributed by atoms with Crippen LogP contribution in [-0.4, -0.2) is 16.6 Å². The summed E-state index contributed by atoms with van der Waals surface area (Å²) in [5.74, 6) is 0.895. The van der Waals surface area contributed by atoms with Crippen molar-refractivity contribution < 1.29 is 4.52 Å². The Labute approximate surface area is 111 Å². The summed E-state index contributed by atoms with van der Waals surface area (Å²) in [5.41, 5.74) is 2.57. The predicted molar refractivity (Wildman–Crippen MR) is 72.7 cm³/mol. The normalized spacial score (nSPS) is 20.0. The molecule has 0 aromatic carbocycles. The molecule has 0 amide bonds. The molecule has 1 aliphatic rings. The van der Waals surface area contributed by atoms with Gasteiger partial charge in [0.25, 0.3) is 0 Å². The van der Waals surface area contributed by atoms with Crippen molar-refractivity contribution in [3.8, 4) is 0 Å². The lowest BCUT2D eigenvalue weighted by Gasteiger charge is -2.34. The van der Waals surface area contributed by atoms with Gasteiger partial charge in [0.1, 0.15) is 5.76 Å². The summed E-state index contributed by atoms with van der Waals surface area (Å²) in [6.45, 7) is 6.22. The first-order valence-corrected chi connectivity index (χ1v) is 7.38. The van der Waals surface area contributed by atoms with Gasteiger partial charge >= 0.3 is 0 Å². The molecule has 96 valence electrons.